The Morgan fingerprint density at radius 2 is 2.22 bits per heavy atom. The van der Waals surface area contributed by atoms with E-state index in [1.807, 2.05) is 17.0 Å². The van der Waals surface area contributed by atoms with E-state index in [0.717, 1.165) is 18.6 Å². The van der Waals surface area contributed by atoms with Gasteiger partial charge in [-0.1, -0.05) is 0 Å². The first-order valence-corrected chi connectivity index (χ1v) is 6.06. The zero-order chi connectivity index (χ0) is 12.5. The monoisotopic (exact) mass is 265 g/mol. The van der Waals surface area contributed by atoms with Crippen LogP contribution in [0.3, 0.4) is 0 Å². The summed E-state index contributed by atoms with van der Waals surface area (Å²) in [5.41, 5.74) is 5.59. The second-order valence-electron chi connectivity index (χ2n) is 4.20. The van der Waals surface area contributed by atoms with Gasteiger partial charge in [-0.05, 0) is 36.6 Å². The first-order valence-electron chi connectivity index (χ1n) is 5.68. The highest BCUT2D eigenvalue weighted by Gasteiger charge is 2.32. The third kappa shape index (κ3) is 2.38. The van der Waals surface area contributed by atoms with Crippen molar-refractivity contribution in [1.29, 1.82) is 0 Å². The summed E-state index contributed by atoms with van der Waals surface area (Å²) in [5.74, 6) is 1.50. The predicted octanol–water partition coefficient (Wildman–Crippen LogP) is 1.87. The number of nitrogens with two attached hydrogens (primary N) is 1. The Hall–Kier alpha value is -1.82. The molecule has 1 fully saturated rings. The van der Waals surface area contributed by atoms with Gasteiger partial charge in [-0.15, -0.1) is 0 Å². The average molecular weight is 266 g/mol. The lowest BCUT2D eigenvalue weighted by Crippen LogP contribution is -2.27. The quantitative estimate of drug-likeness (QED) is 0.909. The maximum Gasteiger partial charge on any atom is 0.232 e. The minimum Gasteiger partial charge on any atom is -0.467 e. The molecule has 3 rings (SSSR count). The molecule has 0 bridgehead atoms. The molecule has 6 nitrogen and oxygen atoms in total. The fraction of sp³-hybridized carbons (Fsp3) is 0.364. The summed E-state index contributed by atoms with van der Waals surface area (Å²) < 4.78 is 5.35. The molecule has 2 aromatic rings. The van der Waals surface area contributed by atoms with Crippen LogP contribution in [0.1, 0.15) is 18.6 Å². The van der Waals surface area contributed by atoms with Gasteiger partial charge in [0.1, 0.15) is 5.76 Å². The van der Waals surface area contributed by atoms with Crippen LogP contribution in [0.5, 0.6) is 0 Å². The van der Waals surface area contributed by atoms with Crippen molar-refractivity contribution in [3.05, 3.63) is 29.4 Å². The molecule has 2 heterocycles. The highest BCUT2D eigenvalue weighted by molar-refractivity contribution is 6.28. The number of hydrogen-bond donors (Lipinski definition) is 1. The highest BCUT2D eigenvalue weighted by atomic mass is 35.5. The van der Waals surface area contributed by atoms with Gasteiger partial charge in [0.15, 0.2) is 0 Å². The van der Waals surface area contributed by atoms with Crippen molar-refractivity contribution in [2.24, 2.45) is 0 Å². The molecule has 1 saturated carbocycles. The average Bonchev–Trinajstić information content (AvgIpc) is 3.02. The normalized spacial score (nSPS) is 14.7. The number of halogens is 1. The van der Waals surface area contributed by atoms with E-state index in [2.05, 4.69) is 15.0 Å². The molecule has 0 aliphatic heterocycles. The molecular formula is C11H12ClN5O. The van der Waals surface area contributed by atoms with Crippen molar-refractivity contribution in [2.75, 3.05) is 10.6 Å². The van der Waals surface area contributed by atoms with Gasteiger partial charge in [-0.3, -0.25) is 0 Å². The van der Waals surface area contributed by atoms with Crippen LogP contribution in [0.15, 0.2) is 22.8 Å². The maximum absolute atomic E-state index is 5.81. The molecule has 0 unspecified atom stereocenters. The van der Waals surface area contributed by atoms with Crippen LogP contribution >= 0.6 is 11.6 Å². The Morgan fingerprint density at radius 3 is 2.83 bits per heavy atom. The van der Waals surface area contributed by atoms with Gasteiger partial charge in [0.25, 0.3) is 0 Å². The van der Waals surface area contributed by atoms with Crippen LogP contribution < -0.4 is 10.6 Å². The van der Waals surface area contributed by atoms with Gasteiger partial charge >= 0.3 is 0 Å². The molecule has 0 aromatic carbocycles. The number of furan rings is 1. The molecule has 94 valence electrons. The molecule has 0 saturated heterocycles. The summed E-state index contributed by atoms with van der Waals surface area (Å²) in [7, 11) is 0. The first-order chi connectivity index (χ1) is 8.72. The fourth-order valence-electron chi connectivity index (χ4n) is 1.80. The summed E-state index contributed by atoms with van der Waals surface area (Å²) in [5, 5.41) is 0.114. The highest BCUT2D eigenvalue weighted by Crippen LogP contribution is 2.31. The summed E-state index contributed by atoms with van der Waals surface area (Å²) in [6, 6.07) is 4.20. The molecule has 0 spiro atoms. The second kappa shape index (κ2) is 4.45. The number of hydrogen-bond acceptors (Lipinski definition) is 6. The third-order valence-electron chi connectivity index (χ3n) is 2.76. The second-order valence-corrected chi connectivity index (χ2v) is 4.54. The third-order valence-corrected chi connectivity index (χ3v) is 2.93. The number of anilines is 2. The van der Waals surface area contributed by atoms with E-state index < -0.39 is 0 Å². The first kappa shape index (κ1) is 11.3. The summed E-state index contributed by atoms with van der Waals surface area (Å²) in [6.45, 7) is 0.609. The van der Waals surface area contributed by atoms with Gasteiger partial charge in [-0.25, -0.2) is 0 Å². The van der Waals surface area contributed by atoms with E-state index in [1.54, 1.807) is 6.26 Å². The van der Waals surface area contributed by atoms with Gasteiger partial charge in [-0.2, -0.15) is 15.0 Å². The van der Waals surface area contributed by atoms with Crippen LogP contribution in [-0.2, 0) is 6.54 Å². The molecule has 18 heavy (non-hydrogen) atoms. The van der Waals surface area contributed by atoms with Crippen molar-refractivity contribution in [3.8, 4) is 0 Å². The molecule has 0 amide bonds. The Labute approximate surface area is 109 Å². The lowest BCUT2D eigenvalue weighted by Gasteiger charge is -2.20. The Balaban J connectivity index is 1.89. The SMILES string of the molecule is Nc1nc(Cl)nc(N(Cc2ccco2)C2CC2)n1. The van der Waals surface area contributed by atoms with Crippen LogP contribution in [0.2, 0.25) is 5.28 Å². The number of nitrogens with zero attached hydrogens (tertiary/aromatic N) is 4. The van der Waals surface area contributed by atoms with E-state index in [9.17, 15) is 0 Å². The van der Waals surface area contributed by atoms with E-state index in [1.165, 1.54) is 0 Å². The van der Waals surface area contributed by atoms with E-state index >= 15 is 0 Å². The molecule has 2 N–H and O–H groups in total. The van der Waals surface area contributed by atoms with Crippen molar-refractivity contribution in [1.82, 2.24) is 15.0 Å². The number of nitrogen functional groups attached to an aromatic ring is 1. The molecular weight excluding hydrogens is 254 g/mol. The smallest absolute Gasteiger partial charge is 0.232 e. The lowest BCUT2D eigenvalue weighted by molar-refractivity contribution is 0.499. The Kier molecular flexibility index (Phi) is 2.79. The van der Waals surface area contributed by atoms with Gasteiger partial charge in [0, 0.05) is 6.04 Å². The van der Waals surface area contributed by atoms with Gasteiger partial charge in [0.2, 0.25) is 17.2 Å². The number of aromatic nitrogens is 3. The zero-order valence-corrected chi connectivity index (χ0v) is 10.3. The van der Waals surface area contributed by atoms with Crippen molar-refractivity contribution < 1.29 is 4.42 Å². The van der Waals surface area contributed by atoms with Crippen molar-refractivity contribution >= 4 is 23.5 Å². The van der Waals surface area contributed by atoms with Crippen LogP contribution in [-0.4, -0.2) is 21.0 Å². The maximum atomic E-state index is 5.81. The zero-order valence-electron chi connectivity index (χ0n) is 9.58. The van der Waals surface area contributed by atoms with Crippen molar-refractivity contribution in [2.45, 2.75) is 25.4 Å². The fourth-order valence-corrected chi connectivity index (χ4v) is 1.96. The van der Waals surface area contributed by atoms with Gasteiger partial charge < -0.3 is 15.1 Å². The molecule has 1 aliphatic rings. The molecule has 1 aliphatic carbocycles. The molecule has 0 radical (unpaired) electrons. The van der Waals surface area contributed by atoms with E-state index in [4.69, 9.17) is 21.8 Å². The van der Waals surface area contributed by atoms with Crippen molar-refractivity contribution in [3.63, 3.8) is 0 Å². The molecule has 2 aromatic heterocycles. The van der Waals surface area contributed by atoms with Crippen LogP contribution in [0, 0.1) is 0 Å². The topological polar surface area (TPSA) is 81.1 Å². The van der Waals surface area contributed by atoms with E-state index in [-0.39, 0.29) is 11.2 Å². The van der Waals surface area contributed by atoms with Crippen LogP contribution in [0.4, 0.5) is 11.9 Å². The van der Waals surface area contributed by atoms with Crippen LogP contribution in [0.25, 0.3) is 0 Å². The minimum absolute atomic E-state index is 0.114. The largest absolute Gasteiger partial charge is 0.467 e. The summed E-state index contributed by atoms with van der Waals surface area (Å²) in [4.78, 5) is 14.1. The molecule has 7 heteroatoms. The van der Waals surface area contributed by atoms with Gasteiger partial charge in [0.05, 0.1) is 12.8 Å². The standard InChI is InChI=1S/C11H12ClN5O/c12-9-14-10(13)16-11(15-9)17(7-3-4-7)6-8-2-1-5-18-8/h1-2,5,7H,3-4,6H2,(H2,13,14,15,16). The predicted molar refractivity (Wildman–Crippen MR) is 67.2 cm³/mol. The summed E-state index contributed by atoms with van der Waals surface area (Å²) >= 11 is 5.81. The Bertz CT molecular complexity index is 520. The summed E-state index contributed by atoms with van der Waals surface area (Å²) in [6.07, 6.45) is 3.88. The Morgan fingerprint density at radius 1 is 1.39 bits per heavy atom. The lowest BCUT2D eigenvalue weighted by atomic mass is 10.4. The minimum atomic E-state index is 0.114. The number of rotatable bonds is 4. The molecule has 0 atom stereocenters. The van der Waals surface area contributed by atoms with E-state index in [0.29, 0.717) is 18.5 Å².